The van der Waals surface area contributed by atoms with Gasteiger partial charge in [0.25, 0.3) is 0 Å². The molecule has 1 aliphatic heterocycles. The van der Waals surface area contributed by atoms with Crippen LogP contribution in [0.2, 0.25) is 0 Å². The Morgan fingerprint density at radius 1 is 1.08 bits per heavy atom. The highest BCUT2D eigenvalue weighted by Crippen LogP contribution is 2.61. The van der Waals surface area contributed by atoms with E-state index in [0.717, 1.165) is 0 Å². The molecule has 0 saturated carbocycles. The van der Waals surface area contributed by atoms with Gasteiger partial charge in [-0.05, 0) is 53.9 Å². The van der Waals surface area contributed by atoms with Crippen LogP contribution in [0.15, 0.2) is 0 Å². The zero-order chi connectivity index (χ0) is 20.6. The van der Waals surface area contributed by atoms with Gasteiger partial charge in [0, 0.05) is 5.54 Å². The van der Waals surface area contributed by atoms with Crippen molar-refractivity contribution in [2.24, 2.45) is 5.41 Å². The average Bonchev–Trinajstić information content (AvgIpc) is 3.15. The standard InChI is InChI=1S/C18H38NO6P/c1-11-23-26(21,24-12-2)14(15(3,4)5)19(16(6,7)8)25-17(9,10)18(20)13-22-18/h14,20H,11-13H2,1-10H3. The van der Waals surface area contributed by atoms with Crippen molar-refractivity contribution in [3.8, 4) is 0 Å². The predicted molar refractivity (Wildman–Crippen MR) is 102 cm³/mol. The maximum Gasteiger partial charge on any atom is 0.350 e. The van der Waals surface area contributed by atoms with Crippen molar-refractivity contribution in [2.75, 3.05) is 19.8 Å². The largest absolute Gasteiger partial charge is 0.361 e. The quantitative estimate of drug-likeness (QED) is 0.357. The number of epoxide rings is 1. The highest BCUT2D eigenvalue weighted by molar-refractivity contribution is 7.54. The first-order valence-corrected chi connectivity index (χ1v) is 10.9. The van der Waals surface area contributed by atoms with Crippen LogP contribution in [0.4, 0.5) is 0 Å². The van der Waals surface area contributed by atoms with Crippen molar-refractivity contribution in [3.05, 3.63) is 0 Å². The minimum Gasteiger partial charge on any atom is -0.361 e. The average molecular weight is 395 g/mol. The molecule has 1 heterocycles. The number of hydrogen-bond acceptors (Lipinski definition) is 7. The smallest absolute Gasteiger partial charge is 0.350 e. The van der Waals surface area contributed by atoms with Crippen LogP contribution in [-0.2, 0) is 23.2 Å². The summed E-state index contributed by atoms with van der Waals surface area (Å²) in [6.07, 6.45) is 0. The van der Waals surface area contributed by atoms with Gasteiger partial charge in [0.05, 0.1) is 13.2 Å². The minimum absolute atomic E-state index is 0.201. The van der Waals surface area contributed by atoms with E-state index in [4.69, 9.17) is 18.6 Å². The molecular weight excluding hydrogens is 357 g/mol. The zero-order valence-corrected chi connectivity index (χ0v) is 19.0. The summed E-state index contributed by atoms with van der Waals surface area (Å²) in [6.45, 7) is 19.6. The second-order valence-corrected chi connectivity index (χ2v) is 11.4. The molecule has 1 N–H and O–H groups in total. The summed E-state index contributed by atoms with van der Waals surface area (Å²) in [5, 5.41) is 12.1. The number of hydrogen-bond donors (Lipinski definition) is 1. The van der Waals surface area contributed by atoms with E-state index in [1.165, 1.54) is 0 Å². The number of ether oxygens (including phenoxy) is 1. The Labute approximate surface area is 158 Å². The Morgan fingerprint density at radius 2 is 1.50 bits per heavy atom. The van der Waals surface area contributed by atoms with E-state index in [1.54, 1.807) is 32.8 Å². The van der Waals surface area contributed by atoms with Crippen LogP contribution in [0.5, 0.6) is 0 Å². The maximum atomic E-state index is 13.7. The molecule has 1 aliphatic rings. The van der Waals surface area contributed by atoms with Gasteiger partial charge in [0.15, 0.2) is 0 Å². The van der Waals surface area contributed by atoms with Crippen LogP contribution in [0, 0.1) is 5.41 Å². The second kappa shape index (κ2) is 7.78. The molecule has 1 saturated heterocycles. The number of rotatable bonds is 9. The molecule has 0 amide bonds. The van der Waals surface area contributed by atoms with E-state index in [1.807, 2.05) is 41.5 Å². The molecule has 0 bridgehead atoms. The van der Waals surface area contributed by atoms with E-state index >= 15 is 0 Å². The molecule has 26 heavy (non-hydrogen) atoms. The van der Waals surface area contributed by atoms with Gasteiger partial charge >= 0.3 is 7.60 Å². The minimum atomic E-state index is -3.54. The van der Waals surface area contributed by atoms with Gasteiger partial charge in [-0.15, -0.1) is 0 Å². The van der Waals surface area contributed by atoms with Gasteiger partial charge in [-0.1, -0.05) is 20.8 Å². The summed E-state index contributed by atoms with van der Waals surface area (Å²) in [5.74, 6) is -2.04. The Morgan fingerprint density at radius 3 is 1.77 bits per heavy atom. The predicted octanol–water partition coefficient (Wildman–Crippen LogP) is 4.15. The molecule has 1 fully saturated rings. The van der Waals surface area contributed by atoms with Crippen LogP contribution < -0.4 is 0 Å². The molecule has 0 spiro atoms. The van der Waals surface area contributed by atoms with Crippen LogP contribution in [0.3, 0.4) is 0 Å². The second-order valence-electron chi connectivity index (χ2n) is 9.29. The van der Waals surface area contributed by atoms with Crippen LogP contribution in [0.1, 0.15) is 69.2 Å². The fourth-order valence-electron chi connectivity index (χ4n) is 2.78. The van der Waals surface area contributed by atoms with Crippen molar-refractivity contribution < 1.29 is 28.3 Å². The lowest BCUT2D eigenvalue weighted by Crippen LogP contribution is -2.59. The van der Waals surface area contributed by atoms with E-state index in [9.17, 15) is 9.67 Å². The van der Waals surface area contributed by atoms with Crippen molar-refractivity contribution in [3.63, 3.8) is 0 Å². The van der Waals surface area contributed by atoms with E-state index in [0.29, 0.717) is 0 Å². The van der Waals surface area contributed by atoms with Gasteiger partial charge in [-0.3, -0.25) is 9.40 Å². The molecule has 8 heteroatoms. The summed E-state index contributed by atoms with van der Waals surface area (Å²) in [4.78, 5) is 6.28. The molecule has 7 nitrogen and oxygen atoms in total. The highest BCUT2D eigenvalue weighted by Gasteiger charge is 2.61. The third-order valence-electron chi connectivity index (χ3n) is 4.26. The topological polar surface area (TPSA) is 80.8 Å². The molecule has 2 unspecified atom stereocenters. The van der Waals surface area contributed by atoms with Gasteiger partial charge in [0.1, 0.15) is 18.0 Å². The first kappa shape index (κ1) is 24.0. The summed E-state index contributed by atoms with van der Waals surface area (Å²) >= 11 is 0. The van der Waals surface area contributed by atoms with Crippen molar-refractivity contribution in [2.45, 2.75) is 91.9 Å². The molecule has 1 rings (SSSR count). The first-order valence-electron chi connectivity index (χ1n) is 9.27. The molecular formula is C18H38NO6P. The first-order chi connectivity index (χ1) is 11.5. The number of nitrogens with zero attached hydrogens (tertiary/aromatic N) is 1. The monoisotopic (exact) mass is 395 g/mol. The van der Waals surface area contributed by atoms with E-state index in [-0.39, 0.29) is 19.8 Å². The van der Waals surface area contributed by atoms with Gasteiger partial charge in [0.2, 0.25) is 5.79 Å². The van der Waals surface area contributed by atoms with Gasteiger partial charge in [-0.2, -0.15) is 5.06 Å². The number of aliphatic hydroxyl groups is 1. The molecule has 0 aromatic heterocycles. The molecule has 0 radical (unpaired) electrons. The fraction of sp³-hybridized carbons (Fsp3) is 1.00. The zero-order valence-electron chi connectivity index (χ0n) is 18.1. The van der Waals surface area contributed by atoms with Gasteiger partial charge < -0.3 is 18.9 Å². The van der Waals surface area contributed by atoms with Crippen molar-refractivity contribution in [1.29, 1.82) is 0 Å². The molecule has 0 aliphatic carbocycles. The molecule has 2 atom stereocenters. The normalized spacial score (nSPS) is 23.4. The Bertz CT molecular complexity index is 509. The third-order valence-corrected chi connectivity index (χ3v) is 7.08. The highest BCUT2D eigenvalue weighted by atomic mass is 31.2. The van der Waals surface area contributed by atoms with E-state index in [2.05, 4.69) is 0 Å². The maximum absolute atomic E-state index is 13.7. The van der Waals surface area contributed by atoms with Crippen LogP contribution in [-0.4, -0.2) is 52.7 Å². The number of hydroxylamine groups is 2. The lowest BCUT2D eigenvalue weighted by atomic mass is 9.93. The van der Waals surface area contributed by atoms with Crippen molar-refractivity contribution in [1.82, 2.24) is 5.06 Å². The Hall–Kier alpha value is -0.0100. The van der Waals surface area contributed by atoms with E-state index < -0.39 is 35.7 Å². The Kier molecular flexibility index (Phi) is 7.19. The molecule has 0 aromatic carbocycles. The summed E-state index contributed by atoms with van der Waals surface area (Å²) in [7, 11) is -3.54. The van der Waals surface area contributed by atoms with Crippen LogP contribution >= 0.6 is 7.60 Å². The lowest BCUT2D eigenvalue weighted by Gasteiger charge is -2.50. The lowest BCUT2D eigenvalue weighted by molar-refractivity contribution is -0.329. The van der Waals surface area contributed by atoms with Crippen LogP contribution in [0.25, 0.3) is 0 Å². The fourth-order valence-corrected chi connectivity index (χ4v) is 5.46. The summed E-state index contributed by atoms with van der Waals surface area (Å²) < 4.78 is 30.3. The molecule has 156 valence electrons. The SMILES string of the molecule is CCOP(=O)(OCC)C(N(OC(C)(C)C1(O)CO1)C(C)(C)C)C(C)(C)C. The third kappa shape index (κ3) is 5.28. The Balaban J connectivity index is 3.42. The summed E-state index contributed by atoms with van der Waals surface area (Å²) in [5.41, 5.74) is -2.06. The van der Waals surface area contributed by atoms with Crippen molar-refractivity contribution >= 4 is 7.60 Å². The van der Waals surface area contributed by atoms with Gasteiger partial charge in [-0.25, -0.2) is 0 Å². The molecule has 0 aromatic rings. The summed E-state index contributed by atoms with van der Waals surface area (Å²) in [6, 6.07) is 0.